The molecule has 4 aromatic heterocycles. The third-order valence-electron chi connectivity index (χ3n) is 11.6. The average Bonchev–Trinajstić information content (AvgIpc) is 4.04. The highest BCUT2D eigenvalue weighted by atomic mass is 32.1. The minimum atomic E-state index is -0.970. The Morgan fingerprint density at radius 1 is 0.929 bits per heavy atom. The molecule has 56 heavy (non-hydrogen) atoms. The average molecular weight is 770 g/mol. The maximum atomic E-state index is 13.3. The van der Waals surface area contributed by atoms with Crippen molar-refractivity contribution < 1.29 is 19.2 Å². The molecule has 16 heteroatoms. The Bertz CT molecular complexity index is 2450. The smallest absolute Gasteiger partial charge is 0.262 e. The first-order chi connectivity index (χ1) is 27.3. The van der Waals surface area contributed by atoms with Crippen LogP contribution in [0.1, 0.15) is 82.2 Å². The summed E-state index contributed by atoms with van der Waals surface area (Å²) >= 11 is 1.63. The second kappa shape index (κ2) is 14.5. The maximum Gasteiger partial charge on any atom is 0.262 e. The summed E-state index contributed by atoms with van der Waals surface area (Å²) in [4.78, 5) is 58.6. The summed E-state index contributed by atoms with van der Waals surface area (Å²) in [6.07, 6.45) is 8.85. The van der Waals surface area contributed by atoms with Crippen LogP contribution in [0.2, 0.25) is 0 Å². The second-order valence-corrected chi connectivity index (χ2v) is 16.0. The van der Waals surface area contributed by atoms with Crippen LogP contribution in [0.5, 0.6) is 0 Å². The number of aromatic nitrogens is 5. The summed E-state index contributed by atoms with van der Waals surface area (Å²) in [7, 11) is 1.88. The Labute approximate surface area is 326 Å². The van der Waals surface area contributed by atoms with Gasteiger partial charge < -0.3 is 15.5 Å². The minimum absolute atomic E-state index is 0.0944. The van der Waals surface area contributed by atoms with Crippen molar-refractivity contribution in [1.82, 2.24) is 40.3 Å². The molecule has 4 amide bonds. The van der Waals surface area contributed by atoms with Crippen molar-refractivity contribution in [1.29, 1.82) is 5.26 Å². The van der Waals surface area contributed by atoms with Gasteiger partial charge in [0.2, 0.25) is 11.8 Å². The quantitative estimate of drug-likeness (QED) is 0.180. The molecule has 284 valence electrons. The zero-order valence-electron chi connectivity index (χ0n) is 30.7. The Morgan fingerprint density at radius 3 is 2.57 bits per heavy atom. The zero-order chi connectivity index (χ0) is 38.5. The fourth-order valence-electron chi connectivity index (χ4n) is 8.50. The van der Waals surface area contributed by atoms with E-state index in [0.717, 1.165) is 100 Å². The first-order valence-electron chi connectivity index (χ1n) is 19.0. The number of hydrogen-bond donors (Lipinski definition) is 3. The molecule has 2 saturated heterocycles. The number of anilines is 2. The molecule has 3 N–H and O–H groups in total. The van der Waals surface area contributed by atoms with Gasteiger partial charge in [-0.1, -0.05) is 11.3 Å². The monoisotopic (exact) mass is 769 g/mol. The van der Waals surface area contributed by atoms with Crippen LogP contribution in [0, 0.1) is 17.2 Å². The molecule has 3 aliphatic heterocycles. The SMILES string of the molecule is CNc1cc(-c2ccc3cc(C#N)cnn23)ncc1-c1nnc([C@H]2CC[C@H](NC[C@@H]3CCN(c4ccc5c(c4)C(=O)N(C4CCC(=O)NC4=O)C5=O)C3)CC2)s1. The van der Waals surface area contributed by atoms with Crippen LogP contribution in [-0.2, 0) is 9.59 Å². The number of nitriles is 1. The molecular weight excluding hydrogens is 731 g/mol. The molecule has 9 rings (SSSR count). The van der Waals surface area contributed by atoms with Gasteiger partial charge in [-0.05, 0) is 93.5 Å². The molecule has 0 radical (unpaired) electrons. The number of amides is 4. The van der Waals surface area contributed by atoms with Crippen molar-refractivity contribution in [2.24, 2.45) is 5.92 Å². The van der Waals surface area contributed by atoms with E-state index in [4.69, 9.17) is 4.98 Å². The van der Waals surface area contributed by atoms with Gasteiger partial charge in [0.15, 0.2) is 5.01 Å². The highest BCUT2D eigenvalue weighted by Crippen LogP contribution is 2.39. The van der Waals surface area contributed by atoms with Gasteiger partial charge in [-0.25, -0.2) is 4.52 Å². The molecule has 1 aromatic carbocycles. The lowest BCUT2D eigenvalue weighted by Gasteiger charge is -2.29. The molecule has 1 saturated carbocycles. The van der Waals surface area contributed by atoms with Crippen LogP contribution in [0.25, 0.3) is 27.5 Å². The molecule has 4 aliphatic rings. The van der Waals surface area contributed by atoms with Gasteiger partial charge >= 0.3 is 0 Å². The maximum absolute atomic E-state index is 13.3. The van der Waals surface area contributed by atoms with E-state index in [-0.39, 0.29) is 18.7 Å². The highest BCUT2D eigenvalue weighted by Gasteiger charge is 2.45. The van der Waals surface area contributed by atoms with E-state index in [0.29, 0.717) is 34.6 Å². The van der Waals surface area contributed by atoms with Crippen molar-refractivity contribution in [3.63, 3.8) is 0 Å². The number of imide groups is 2. The zero-order valence-corrected chi connectivity index (χ0v) is 31.5. The predicted octanol–water partition coefficient (Wildman–Crippen LogP) is 4.37. The van der Waals surface area contributed by atoms with Gasteiger partial charge in [-0.2, -0.15) is 10.4 Å². The Kier molecular flexibility index (Phi) is 9.26. The summed E-state index contributed by atoms with van der Waals surface area (Å²) in [6.45, 7) is 2.61. The lowest BCUT2D eigenvalue weighted by Crippen LogP contribution is -2.54. The number of hydrogen-bond acceptors (Lipinski definition) is 13. The van der Waals surface area contributed by atoms with E-state index < -0.39 is 23.8 Å². The molecule has 1 unspecified atom stereocenters. The van der Waals surface area contributed by atoms with E-state index in [9.17, 15) is 24.4 Å². The molecule has 7 heterocycles. The van der Waals surface area contributed by atoms with Crippen LogP contribution < -0.4 is 20.9 Å². The van der Waals surface area contributed by atoms with Gasteiger partial charge in [-0.3, -0.25) is 34.4 Å². The van der Waals surface area contributed by atoms with E-state index in [2.05, 4.69) is 42.2 Å². The summed E-state index contributed by atoms with van der Waals surface area (Å²) in [5.41, 5.74) is 6.23. The van der Waals surface area contributed by atoms with Gasteiger partial charge in [0.25, 0.3) is 11.8 Å². The molecule has 5 aromatic rings. The first kappa shape index (κ1) is 35.6. The van der Waals surface area contributed by atoms with Gasteiger partial charge in [0, 0.05) is 56.1 Å². The molecular formula is C40H39N11O4S. The molecule has 2 atom stereocenters. The summed E-state index contributed by atoms with van der Waals surface area (Å²) < 4.78 is 1.78. The number of nitrogens with zero attached hydrogens (tertiary/aromatic N) is 8. The third kappa shape index (κ3) is 6.46. The molecule has 0 bridgehead atoms. The number of pyridine rings is 1. The minimum Gasteiger partial charge on any atom is -0.387 e. The normalized spacial score (nSPS) is 22.4. The van der Waals surface area contributed by atoms with Crippen LogP contribution in [0.3, 0.4) is 0 Å². The van der Waals surface area contributed by atoms with Crippen LogP contribution in [-0.4, -0.2) is 92.1 Å². The fourth-order valence-corrected chi connectivity index (χ4v) is 9.54. The standard InChI is InChI=1S/C40H39N11O4S/c1-42-31-16-32(33-9-7-27-14-23(17-41)19-45-51(27)33)44-20-30(31)38-48-47-37(56-38)24-2-4-25(5-3-24)43-18-22-12-13-49(21-22)26-6-8-28-29(15-26)40(55)50(39(28)54)34-10-11-35(52)46-36(34)53/h6-9,14-16,19-20,22,24-25,34,43H,2-5,10-13,18,21H2,1H3,(H,42,44)(H,46,52,53)/t22-,24-,25-,34?/m0/s1. The number of carbonyl (C=O) groups excluding carboxylic acids is 4. The molecule has 15 nitrogen and oxygen atoms in total. The van der Waals surface area contributed by atoms with Crippen LogP contribution in [0.4, 0.5) is 11.4 Å². The third-order valence-corrected chi connectivity index (χ3v) is 12.7. The lowest BCUT2D eigenvalue weighted by molar-refractivity contribution is -0.136. The number of nitrogens with one attached hydrogen (secondary N) is 3. The van der Waals surface area contributed by atoms with Gasteiger partial charge in [0.05, 0.1) is 45.4 Å². The van der Waals surface area contributed by atoms with E-state index in [1.807, 2.05) is 37.5 Å². The number of carbonyl (C=O) groups is 4. The second-order valence-electron chi connectivity index (χ2n) is 15.0. The lowest BCUT2D eigenvalue weighted by atomic mass is 9.86. The molecule has 0 spiro atoms. The number of benzene rings is 1. The fraction of sp³-hybridized carbons (Fsp3) is 0.375. The molecule has 3 fully saturated rings. The summed E-state index contributed by atoms with van der Waals surface area (Å²) in [5.74, 6) is -1.14. The molecule has 1 aliphatic carbocycles. The Balaban J connectivity index is 0.777. The van der Waals surface area contributed by atoms with Crippen LogP contribution in [0.15, 0.2) is 54.9 Å². The summed E-state index contributed by atoms with van der Waals surface area (Å²) in [6, 6.07) is 14.6. The first-order valence-corrected chi connectivity index (χ1v) is 19.8. The predicted molar refractivity (Wildman–Crippen MR) is 208 cm³/mol. The van der Waals surface area contributed by atoms with Crippen molar-refractivity contribution in [2.75, 3.05) is 36.9 Å². The van der Waals surface area contributed by atoms with Gasteiger partial charge in [0.1, 0.15) is 17.1 Å². The number of fused-ring (bicyclic) bond motifs is 2. The Hall–Kier alpha value is -6.05. The van der Waals surface area contributed by atoms with E-state index >= 15 is 0 Å². The van der Waals surface area contributed by atoms with E-state index in [1.54, 1.807) is 40.2 Å². The van der Waals surface area contributed by atoms with Gasteiger partial charge in [-0.15, -0.1) is 10.2 Å². The van der Waals surface area contributed by atoms with Crippen molar-refractivity contribution >= 4 is 51.9 Å². The largest absolute Gasteiger partial charge is 0.387 e. The highest BCUT2D eigenvalue weighted by molar-refractivity contribution is 7.14. The van der Waals surface area contributed by atoms with Crippen molar-refractivity contribution in [3.05, 3.63) is 76.6 Å². The number of rotatable bonds is 9. The Morgan fingerprint density at radius 2 is 1.77 bits per heavy atom. The van der Waals surface area contributed by atoms with Crippen molar-refractivity contribution in [2.45, 2.75) is 62.9 Å². The summed E-state index contributed by atoms with van der Waals surface area (Å²) in [5, 5.41) is 34.1. The van der Waals surface area contributed by atoms with Crippen molar-refractivity contribution in [3.8, 4) is 28.0 Å². The topological polar surface area (TPSA) is 191 Å². The van der Waals surface area contributed by atoms with Crippen LogP contribution >= 0.6 is 11.3 Å². The number of piperidine rings is 1. The van der Waals surface area contributed by atoms with E-state index in [1.165, 1.54) is 0 Å².